The fraction of sp³-hybridized carbons (Fsp3) is 0.618. The van der Waals surface area contributed by atoms with Gasteiger partial charge in [-0.2, -0.15) is 0 Å². The van der Waals surface area contributed by atoms with Gasteiger partial charge in [0.25, 0.3) is 0 Å². The van der Waals surface area contributed by atoms with Gasteiger partial charge in [0.2, 0.25) is 0 Å². The number of carbonyl (C=O) groups excluding carboxylic acids is 3. The monoisotopic (exact) mass is 845 g/mol. The van der Waals surface area contributed by atoms with Crippen molar-refractivity contribution < 1.29 is 28.6 Å². The van der Waals surface area contributed by atoms with Gasteiger partial charge in [-0.15, -0.1) is 0 Å². The molecular weight excluding hydrogens is 757 g/mol. The van der Waals surface area contributed by atoms with Crippen molar-refractivity contribution in [1.82, 2.24) is 0 Å². The van der Waals surface area contributed by atoms with Crippen molar-refractivity contribution in [1.29, 1.82) is 0 Å². The molecule has 0 amide bonds. The SMILES string of the molecule is CC/C=C\C/C=C\C/C=C\C/C=C\CCCCCC(=O)OC(COC(=O)CCCC/C=C\C/C=C\CC)COC(=O)CCCCCCC\C=C/C=C\C=C/CCCCCCC. The van der Waals surface area contributed by atoms with Gasteiger partial charge < -0.3 is 14.2 Å². The summed E-state index contributed by atoms with van der Waals surface area (Å²) in [5, 5.41) is 0. The summed E-state index contributed by atoms with van der Waals surface area (Å²) in [5.74, 6) is -1.01. The van der Waals surface area contributed by atoms with Gasteiger partial charge in [-0.3, -0.25) is 14.4 Å². The third-order valence-electron chi connectivity index (χ3n) is 9.80. The fourth-order valence-electron chi connectivity index (χ4n) is 6.18. The molecule has 0 rings (SSSR count). The molecule has 1 atom stereocenters. The molecule has 0 saturated carbocycles. The quantitative estimate of drug-likeness (QED) is 0.0200. The van der Waals surface area contributed by atoms with Crippen LogP contribution in [0.4, 0.5) is 0 Å². The normalized spacial score (nSPS) is 13.0. The van der Waals surface area contributed by atoms with Crippen LogP contribution < -0.4 is 0 Å². The smallest absolute Gasteiger partial charge is 0.306 e. The predicted molar refractivity (Wildman–Crippen MR) is 260 cm³/mol. The summed E-state index contributed by atoms with van der Waals surface area (Å²) in [6, 6.07) is 0. The zero-order valence-electron chi connectivity index (χ0n) is 39.1. The van der Waals surface area contributed by atoms with Crippen LogP contribution in [0.1, 0.15) is 201 Å². The van der Waals surface area contributed by atoms with E-state index in [9.17, 15) is 14.4 Å². The number of esters is 3. The first-order chi connectivity index (χ1) is 30.0. The third-order valence-corrected chi connectivity index (χ3v) is 9.80. The maximum Gasteiger partial charge on any atom is 0.306 e. The molecular formula is C55H88O6. The van der Waals surface area contributed by atoms with Crippen molar-refractivity contribution in [3.8, 4) is 0 Å². The molecule has 344 valence electrons. The molecule has 6 nitrogen and oxygen atoms in total. The van der Waals surface area contributed by atoms with Crippen LogP contribution in [0.25, 0.3) is 0 Å². The van der Waals surface area contributed by atoms with Crippen LogP contribution in [0.15, 0.2) is 109 Å². The Labute approximate surface area is 374 Å². The second-order valence-electron chi connectivity index (χ2n) is 15.7. The molecule has 0 N–H and O–H groups in total. The maximum atomic E-state index is 12.7. The average Bonchev–Trinajstić information content (AvgIpc) is 3.26. The minimum atomic E-state index is -0.817. The highest BCUT2D eigenvalue weighted by Crippen LogP contribution is 2.12. The second-order valence-corrected chi connectivity index (χ2v) is 15.7. The minimum absolute atomic E-state index is 0.115. The largest absolute Gasteiger partial charge is 0.462 e. The van der Waals surface area contributed by atoms with Gasteiger partial charge in [-0.05, 0) is 109 Å². The van der Waals surface area contributed by atoms with E-state index < -0.39 is 6.10 Å². The molecule has 0 fully saturated rings. The Morgan fingerprint density at radius 3 is 1.18 bits per heavy atom. The molecule has 0 spiro atoms. The van der Waals surface area contributed by atoms with E-state index in [1.165, 1.54) is 32.1 Å². The van der Waals surface area contributed by atoms with E-state index >= 15 is 0 Å². The van der Waals surface area contributed by atoms with E-state index in [-0.39, 0.29) is 37.5 Å². The van der Waals surface area contributed by atoms with E-state index in [0.717, 1.165) is 122 Å². The van der Waals surface area contributed by atoms with Crippen molar-refractivity contribution in [2.75, 3.05) is 13.2 Å². The van der Waals surface area contributed by atoms with E-state index in [1.54, 1.807) is 0 Å². The number of hydrogen-bond acceptors (Lipinski definition) is 6. The zero-order chi connectivity index (χ0) is 44.4. The Morgan fingerprint density at radius 1 is 0.361 bits per heavy atom. The zero-order valence-corrected chi connectivity index (χ0v) is 39.1. The summed E-state index contributed by atoms with van der Waals surface area (Å²) in [6.45, 7) is 6.28. The van der Waals surface area contributed by atoms with Crippen LogP contribution in [0, 0.1) is 0 Å². The molecule has 0 aromatic heterocycles. The van der Waals surface area contributed by atoms with Crippen molar-refractivity contribution in [2.45, 2.75) is 207 Å². The van der Waals surface area contributed by atoms with Crippen LogP contribution in [0.5, 0.6) is 0 Å². The lowest BCUT2D eigenvalue weighted by Crippen LogP contribution is -2.30. The number of hydrogen-bond donors (Lipinski definition) is 0. The maximum absolute atomic E-state index is 12.7. The third kappa shape index (κ3) is 47.0. The molecule has 1 unspecified atom stereocenters. The van der Waals surface area contributed by atoms with Gasteiger partial charge in [-0.1, -0.05) is 182 Å². The van der Waals surface area contributed by atoms with Crippen molar-refractivity contribution in [3.05, 3.63) is 109 Å². The van der Waals surface area contributed by atoms with E-state index in [0.29, 0.717) is 19.3 Å². The van der Waals surface area contributed by atoms with Crippen molar-refractivity contribution in [2.24, 2.45) is 0 Å². The molecule has 0 aliphatic carbocycles. The predicted octanol–water partition coefficient (Wildman–Crippen LogP) is 16.0. The van der Waals surface area contributed by atoms with Gasteiger partial charge in [0, 0.05) is 19.3 Å². The summed E-state index contributed by atoms with van der Waals surface area (Å²) < 4.78 is 16.7. The molecule has 6 heteroatoms. The van der Waals surface area contributed by atoms with Gasteiger partial charge in [0.15, 0.2) is 6.10 Å². The summed E-state index contributed by atoms with van der Waals surface area (Å²) in [4.78, 5) is 37.8. The van der Waals surface area contributed by atoms with Crippen LogP contribution >= 0.6 is 0 Å². The summed E-state index contributed by atoms with van der Waals surface area (Å²) in [6.07, 6.45) is 65.1. The lowest BCUT2D eigenvalue weighted by atomic mass is 10.1. The summed E-state index contributed by atoms with van der Waals surface area (Å²) in [7, 11) is 0. The summed E-state index contributed by atoms with van der Waals surface area (Å²) >= 11 is 0. The molecule has 0 aliphatic rings. The van der Waals surface area contributed by atoms with Crippen LogP contribution in [-0.2, 0) is 28.6 Å². The minimum Gasteiger partial charge on any atom is -0.462 e. The second kappa shape index (κ2) is 48.7. The van der Waals surface area contributed by atoms with Gasteiger partial charge in [-0.25, -0.2) is 0 Å². The topological polar surface area (TPSA) is 78.9 Å². The number of unbranched alkanes of at least 4 members (excludes halogenated alkanes) is 15. The number of rotatable bonds is 42. The van der Waals surface area contributed by atoms with Crippen molar-refractivity contribution in [3.63, 3.8) is 0 Å². The molecule has 0 aliphatic heterocycles. The van der Waals surface area contributed by atoms with E-state index in [4.69, 9.17) is 14.2 Å². The highest BCUT2D eigenvalue weighted by atomic mass is 16.6. The van der Waals surface area contributed by atoms with Gasteiger partial charge >= 0.3 is 17.9 Å². The Hall–Kier alpha value is -3.93. The number of ether oxygens (including phenoxy) is 3. The lowest BCUT2D eigenvalue weighted by molar-refractivity contribution is -0.167. The van der Waals surface area contributed by atoms with Crippen LogP contribution in [0.2, 0.25) is 0 Å². The van der Waals surface area contributed by atoms with E-state index in [2.05, 4.69) is 130 Å². The molecule has 0 aromatic carbocycles. The van der Waals surface area contributed by atoms with Crippen LogP contribution in [0.3, 0.4) is 0 Å². The van der Waals surface area contributed by atoms with Gasteiger partial charge in [0.1, 0.15) is 13.2 Å². The summed E-state index contributed by atoms with van der Waals surface area (Å²) in [5.41, 5.74) is 0. The molecule has 0 heterocycles. The molecule has 61 heavy (non-hydrogen) atoms. The highest BCUT2D eigenvalue weighted by molar-refractivity contribution is 5.71. The molecule has 0 aromatic rings. The number of carbonyl (C=O) groups is 3. The molecule has 0 radical (unpaired) electrons. The Bertz CT molecular complexity index is 1290. The Balaban J connectivity index is 4.48. The average molecular weight is 845 g/mol. The first-order valence-electron chi connectivity index (χ1n) is 24.4. The lowest BCUT2D eigenvalue weighted by Gasteiger charge is -2.18. The highest BCUT2D eigenvalue weighted by Gasteiger charge is 2.19. The van der Waals surface area contributed by atoms with Crippen molar-refractivity contribution >= 4 is 17.9 Å². The Morgan fingerprint density at radius 2 is 0.705 bits per heavy atom. The Kier molecular flexibility index (Phi) is 45.6. The number of allylic oxidation sites excluding steroid dienone is 18. The first-order valence-corrected chi connectivity index (χ1v) is 24.4. The first kappa shape index (κ1) is 57.1. The van der Waals surface area contributed by atoms with Gasteiger partial charge in [0.05, 0.1) is 0 Å². The molecule has 0 saturated heterocycles. The van der Waals surface area contributed by atoms with Crippen LogP contribution in [-0.4, -0.2) is 37.2 Å². The van der Waals surface area contributed by atoms with E-state index in [1.807, 2.05) is 0 Å². The standard InChI is InChI=1S/C55H88O6/c1-4-7-10-13-16-19-21-23-25-27-28-30-31-33-36-39-42-45-48-54(57)60-51-52(50-59-53(56)47-44-41-38-35-18-15-12-9-6-3)61-55(58)49-46-43-40-37-34-32-29-26-24-22-20-17-14-11-8-5-2/h8-9,11-12,17-18,20-21,23-28,30,32,34-35,52H,4-7,10,13-16,19,22,29,31,33,36-51H2,1-3H3/b11-8-,12-9-,20-17-,23-21-,26-24-,27-25-,30-28-,34-32-,35-18-. The fourth-order valence-corrected chi connectivity index (χ4v) is 6.18. The molecule has 0 bridgehead atoms.